The lowest BCUT2D eigenvalue weighted by Crippen LogP contribution is -2.16. The number of nitrogens with zero attached hydrogens (tertiary/aromatic N) is 2. The van der Waals surface area contributed by atoms with Gasteiger partial charge in [0.25, 0.3) is 0 Å². The zero-order chi connectivity index (χ0) is 52.0. The van der Waals surface area contributed by atoms with E-state index in [0.29, 0.717) is 0 Å². The van der Waals surface area contributed by atoms with E-state index in [1.807, 2.05) is 0 Å². The van der Waals surface area contributed by atoms with Crippen LogP contribution in [0.25, 0.3) is 77.5 Å². The molecule has 0 saturated heterocycles. The van der Waals surface area contributed by atoms with Crippen molar-refractivity contribution >= 4 is 44.9 Å². The molecule has 0 fully saturated rings. The molecule has 2 nitrogen and oxygen atoms in total. The molecular formula is C75H58N2. The monoisotopic (exact) mass is 986 g/mol. The van der Waals surface area contributed by atoms with Gasteiger partial charge in [0.2, 0.25) is 0 Å². The summed E-state index contributed by atoms with van der Waals surface area (Å²) >= 11 is 0. The van der Waals surface area contributed by atoms with E-state index in [-0.39, 0.29) is 5.41 Å². The quantitative estimate of drug-likeness (QED) is 0.127. The molecule has 2 heteroatoms. The van der Waals surface area contributed by atoms with Gasteiger partial charge >= 0.3 is 0 Å². The lowest BCUT2D eigenvalue weighted by Gasteiger charge is -2.29. The Balaban J connectivity index is 0.935. The minimum Gasteiger partial charge on any atom is -0.310 e. The van der Waals surface area contributed by atoms with E-state index in [2.05, 4.69) is 317 Å². The molecular weight excluding hydrogens is 929 g/mol. The summed E-state index contributed by atoms with van der Waals surface area (Å²) in [6, 6.07) is 102. The molecule has 0 aliphatic heterocycles. The summed E-state index contributed by atoms with van der Waals surface area (Å²) in [5.41, 5.74) is 26.4. The van der Waals surface area contributed by atoms with E-state index in [1.54, 1.807) is 0 Å². The molecule has 0 amide bonds. The molecule has 1 aliphatic carbocycles. The third-order valence-electron chi connectivity index (χ3n) is 15.9. The van der Waals surface area contributed by atoms with Crippen molar-refractivity contribution in [2.24, 2.45) is 0 Å². The molecule has 0 N–H and O–H groups in total. The van der Waals surface area contributed by atoms with Gasteiger partial charge in [0.1, 0.15) is 0 Å². The molecule has 1 aliphatic rings. The molecule has 0 atom stereocenters. The molecule has 0 heterocycles. The van der Waals surface area contributed by atoms with Crippen LogP contribution in [0.4, 0.5) is 34.1 Å². The first-order valence-corrected chi connectivity index (χ1v) is 26.8. The normalized spacial score (nSPS) is 12.3. The number of aryl methyl sites for hydroxylation is 2. The fraction of sp³-hybridized carbons (Fsp3) is 0.0667. The molecule has 0 spiro atoms. The van der Waals surface area contributed by atoms with Crippen molar-refractivity contribution in [2.45, 2.75) is 33.1 Å². The Morgan fingerprint density at radius 1 is 0.273 bits per heavy atom. The van der Waals surface area contributed by atoms with Crippen molar-refractivity contribution in [1.29, 1.82) is 0 Å². The fourth-order valence-corrected chi connectivity index (χ4v) is 12.1. The number of benzene rings is 12. The first-order chi connectivity index (χ1) is 37.8. The molecule has 12 aromatic carbocycles. The number of hydrogen-bond acceptors (Lipinski definition) is 2. The standard InChI is InChI=1S/C75H58N2/c1-51-22-17-19-33-63(51)74-64-34-20-18-28-55(64)40-47-72(74)77(59-31-15-8-16-32-59)61-43-38-57(39-44-61)69-50-66(53-24-9-5-10-25-53)68(49-67(69)54-26-11-6-12-27-54)56-36-41-60(42-37-56)76(58-29-13-7-14-30-58)62-45-46-65-71(48-62)75(3,4)70-35-21-23-52(2)73(65)70/h5-50H,1-4H3. The maximum absolute atomic E-state index is 2.42. The second-order valence-corrected chi connectivity index (χ2v) is 21.0. The van der Waals surface area contributed by atoms with Crippen molar-refractivity contribution < 1.29 is 0 Å². The van der Waals surface area contributed by atoms with Gasteiger partial charge in [0, 0.05) is 39.4 Å². The summed E-state index contributed by atoms with van der Waals surface area (Å²) < 4.78 is 0. The van der Waals surface area contributed by atoms with Crippen molar-refractivity contribution in [2.75, 3.05) is 9.80 Å². The lowest BCUT2D eigenvalue weighted by molar-refractivity contribution is 0.660. The second-order valence-electron chi connectivity index (χ2n) is 21.0. The zero-order valence-electron chi connectivity index (χ0n) is 44.0. The van der Waals surface area contributed by atoms with Crippen LogP contribution >= 0.6 is 0 Å². The number of rotatable bonds is 11. The summed E-state index contributed by atoms with van der Waals surface area (Å²) in [4.78, 5) is 4.82. The molecule has 13 rings (SSSR count). The highest BCUT2D eigenvalue weighted by atomic mass is 15.1. The van der Waals surface area contributed by atoms with Gasteiger partial charge in [-0.1, -0.05) is 214 Å². The summed E-state index contributed by atoms with van der Waals surface area (Å²) in [5, 5.41) is 2.45. The molecule has 0 radical (unpaired) electrons. The third-order valence-corrected chi connectivity index (χ3v) is 15.9. The van der Waals surface area contributed by atoms with Gasteiger partial charge in [0.05, 0.1) is 5.69 Å². The smallest absolute Gasteiger partial charge is 0.0546 e. The summed E-state index contributed by atoms with van der Waals surface area (Å²) in [7, 11) is 0. The average molecular weight is 987 g/mol. The van der Waals surface area contributed by atoms with E-state index >= 15 is 0 Å². The lowest BCUT2D eigenvalue weighted by atomic mass is 9.82. The minimum absolute atomic E-state index is 0.121. The van der Waals surface area contributed by atoms with Crippen LogP contribution in [0.15, 0.2) is 279 Å². The Hall–Kier alpha value is -9.50. The van der Waals surface area contributed by atoms with Gasteiger partial charge in [-0.3, -0.25) is 0 Å². The van der Waals surface area contributed by atoms with Crippen LogP contribution in [-0.4, -0.2) is 0 Å². The Morgan fingerprint density at radius 3 is 1.31 bits per heavy atom. The number of hydrogen-bond donors (Lipinski definition) is 0. The van der Waals surface area contributed by atoms with Gasteiger partial charge in [-0.05, 0) is 187 Å². The van der Waals surface area contributed by atoms with E-state index < -0.39 is 0 Å². The third kappa shape index (κ3) is 8.49. The first-order valence-electron chi connectivity index (χ1n) is 26.8. The molecule has 0 aromatic heterocycles. The van der Waals surface area contributed by atoms with Gasteiger partial charge in [0.15, 0.2) is 0 Å². The highest BCUT2D eigenvalue weighted by Gasteiger charge is 2.37. The van der Waals surface area contributed by atoms with Crippen molar-refractivity contribution in [3.05, 3.63) is 301 Å². The van der Waals surface area contributed by atoms with Crippen LogP contribution in [0.5, 0.6) is 0 Å². The molecule has 0 unspecified atom stereocenters. The molecule has 77 heavy (non-hydrogen) atoms. The summed E-state index contributed by atoms with van der Waals surface area (Å²) in [6.07, 6.45) is 0. The number of para-hydroxylation sites is 2. The predicted octanol–water partition coefficient (Wildman–Crippen LogP) is 21.0. The zero-order valence-corrected chi connectivity index (χ0v) is 44.0. The summed E-state index contributed by atoms with van der Waals surface area (Å²) in [6.45, 7) is 9.19. The summed E-state index contributed by atoms with van der Waals surface area (Å²) in [5.74, 6) is 0. The molecule has 0 bridgehead atoms. The number of fused-ring (bicyclic) bond motifs is 4. The van der Waals surface area contributed by atoms with Crippen molar-refractivity contribution in [1.82, 2.24) is 0 Å². The highest BCUT2D eigenvalue weighted by molar-refractivity contribution is 6.06. The van der Waals surface area contributed by atoms with E-state index in [4.69, 9.17) is 0 Å². The Morgan fingerprint density at radius 2 is 0.727 bits per heavy atom. The van der Waals surface area contributed by atoms with Crippen LogP contribution in [0.3, 0.4) is 0 Å². The van der Waals surface area contributed by atoms with Crippen molar-refractivity contribution in [3.8, 4) is 66.8 Å². The van der Waals surface area contributed by atoms with Crippen molar-refractivity contribution in [3.63, 3.8) is 0 Å². The van der Waals surface area contributed by atoms with Crippen LogP contribution in [0, 0.1) is 13.8 Å². The fourth-order valence-electron chi connectivity index (χ4n) is 12.1. The van der Waals surface area contributed by atoms with Crippen LogP contribution < -0.4 is 9.80 Å². The van der Waals surface area contributed by atoms with E-state index in [9.17, 15) is 0 Å². The Labute approximate surface area is 453 Å². The SMILES string of the molecule is Cc1ccccc1-c1c(N(c2ccccc2)c2ccc(-c3cc(-c4ccccc4)c(-c4ccc(N(c5ccccc5)c5ccc6c(c5)C(C)(C)c5cccc(C)c5-6)cc4)cc3-c3ccccc3)cc2)ccc2ccccc12. The average Bonchev–Trinajstić information content (AvgIpc) is 3.90. The van der Waals surface area contributed by atoms with Crippen LogP contribution in [-0.2, 0) is 5.41 Å². The minimum atomic E-state index is -0.121. The molecule has 12 aromatic rings. The van der Waals surface area contributed by atoms with E-state index in [1.165, 1.54) is 88.7 Å². The molecule has 0 saturated carbocycles. The van der Waals surface area contributed by atoms with E-state index in [0.717, 1.165) is 45.3 Å². The topological polar surface area (TPSA) is 6.48 Å². The number of anilines is 6. The molecule has 368 valence electrons. The predicted molar refractivity (Wildman–Crippen MR) is 328 cm³/mol. The maximum Gasteiger partial charge on any atom is 0.0546 e. The van der Waals surface area contributed by atoms with Gasteiger partial charge in [-0.25, -0.2) is 0 Å². The van der Waals surface area contributed by atoms with Gasteiger partial charge < -0.3 is 9.80 Å². The largest absolute Gasteiger partial charge is 0.310 e. The van der Waals surface area contributed by atoms with Crippen LogP contribution in [0.1, 0.15) is 36.1 Å². The highest BCUT2D eigenvalue weighted by Crippen LogP contribution is 2.53. The second kappa shape index (κ2) is 19.6. The Bertz CT molecular complexity index is 4110. The van der Waals surface area contributed by atoms with Gasteiger partial charge in [-0.2, -0.15) is 0 Å². The first kappa shape index (κ1) is 47.2. The Kier molecular flexibility index (Phi) is 12.1. The van der Waals surface area contributed by atoms with Gasteiger partial charge in [-0.15, -0.1) is 0 Å². The maximum atomic E-state index is 2.42. The van der Waals surface area contributed by atoms with Crippen LogP contribution in [0.2, 0.25) is 0 Å².